The summed E-state index contributed by atoms with van der Waals surface area (Å²) in [7, 11) is 0. The molecule has 5 heteroatoms. The van der Waals surface area contributed by atoms with Crippen LogP contribution >= 0.6 is 15.9 Å². The Morgan fingerprint density at radius 2 is 2.00 bits per heavy atom. The summed E-state index contributed by atoms with van der Waals surface area (Å²) in [4.78, 5) is 4.45. The van der Waals surface area contributed by atoms with Gasteiger partial charge in [0.2, 0.25) is 0 Å². The topological polar surface area (TPSA) is 64.1 Å². The predicted octanol–water partition coefficient (Wildman–Crippen LogP) is 3.14. The van der Waals surface area contributed by atoms with E-state index in [1.807, 2.05) is 36.4 Å². The molecule has 0 aliphatic carbocycles. The highest BCUT2D eigenvalue weighted by atomic mass is 79.9. The van der Waals surface area contributed by atoms with E-state index < -0.39 is 0 Å². The minimum Gasteiger partial charge on any atom is -0.457 e. The van der Waals surface area contributed by atoms with Gasteiger partial charge in [0.25, 0.3) is 0 Å². The third kappa shape index (κ3) is 2.16. The second-order valence-corrected chi connectivity index (χ2v) is 4.89. The minimum atomic E-state index is -0.174. The highest BCUT2D eigenvalue weighted by molar-refractivity contribution is 9.10. The van der Waals surface area contributed by atoms with Gasteiger partial charge in [-0.15, -0.1) is 0 Å². The van der Waals surface area contributed by atoms with Gasteiger partial charge in [-0.2, -0.15) is 0 Å². The van der Waals surface area contributed by atoms with Crippen molar-refractivity contribution >= 4 is 26.8 Å². The highest BCUT2D eigenvalue weighted by Gasteiger charge is 2.19. The van der Waals surface area contributed by atoms with Crippen LogP contribution in [0.15, 0.2) is 57.9 Å². The third-order valence-corrected chi connectivity index (χ3v) is 3.74. The number of furan rings is 1. The fourth-order valence-electron chi connectivity index (χ4n) is 2.22. The molecule has 2 aromatic heterocycles. The van der Waals surface area contributed by atoms with E-state index in [0.717, 1.165) is 22.0 Å². The Morgan fingerprint density at radius 3 is 2.74 bits per heavy atom. The van der Waals surface area contributed by atoms with Crippen molar-refractivity contribution in [1.29, 1.82) is 0 Å². The van der Waals surface area contributed by atoms with E-state index >= 15 is 0 Å². The first-order valence-corrected chi connectivity index (χ1v) is 6.63. The van der Waals surface area contributed by atoms with Crippen LogP contribution in [0.2, 0.25) is 0 Å². The number of aromatic nitrogens is 1. The van der Waals surface area contributed by atoms with Gasteiger partial charge >= 0.3 is 0 Å². The number of para-hydroxylation sites is 1. The Morgan fingerprint density at radius 1 is 1.16 bits per heavy atom. The summed E-state index contributed by atoms with van der Waals surface area (Å²) in [5, 5.41) is 1.08. The quantitative estimate of drug-likeness (QED) is 0.575. The molecule has 0 radical (unpaired) electrons. The van der Waals surface area contributed by atoms with Gasteiger partial charge < -0.3 is 4.42 Å². The molecule has 0 aliphatic heterocycles. The molecular formula is C14H12BrN3O. The maximum atomic E-state index is 5.72. The number of benzene rings is 1. The summed E-state index contributed by atoms with van der Waals surface area (Å²) in [6.07, 6.45) is 3.41. The number of nitrogens with zero attached hydrogens (tertiary/aromatic N) is 1. The van der Waals surface area contributed by atoms with Gasteiger partial charge in [-0.1, -0.05) is 24.3 Å². The zero-order chi connectivity index (χ0) is 13.2. The van der Waals surface area contributed by atoms with Crippen LogP contribution in [0.5, 0.6) is 0 Å². The lowest BCUT2D eigenvalue weighted by atomic mass is 9.99. The molecule has 1 aromatic carbocycles. The first kappa shape index (κ1) is 12.3. The summed E-state index contributed by atoms with van der Waals surface area (Å²) >= 11 is 3.39. The number of hydrogen-bond acceptors (Lipinski definition) is 4. The first-order chi connectivity index (χ1) is 9.31. The van der Waals surface area contributed by atoms with E-state index in [1.54, 1.807) is 12.5 Å². The number of halogens is 1. The second-order valence-electron chi connectivity index (χ2n) is 4.17. The molecule has 1 atom stereocenters. The maximum Gasteiger partial charge on any atom is 0.174 e. The Balaban J connectivity index is 2.20. The number of hydrogen-bond donors (Lipinski definition) is 2. The van der Waals surface area contributed by atoms with Gasteiger partial charge in [0.05, 0.1) is 17.8 Å². The highest BCUT2D eigenvalue weighted by Crippen LogP contribution is 2.32. The standard InChI is InChI=1S/C14H12BrN3O/c15-14-11(6-8-19-14)13(18-16)10-5-1-3-9-4-2-7-17-12(9)10/h1-8,13,18H,16H2. The molecule has 0 fully saturated rings. The lowest BCUT2D eigenvalue weighted by Crippen LogP contribution is -2.29. The van der Waals surface area contributed by atoms with E-state index in [-0.39, 0.29) is 6.04 Å². The van der Waals surface area contributed by atoms with Crippen LogP contribution in [-0.4, -0.2) is 4.98 Å². The molecule has 4 nitrogen and oxygen atoms in total. The maximum absolute atomic E-state index is 5.72. The van der Waals surface area contributed by atoms with Crippen molar-refractivity contribution in [1.82, 2.24) is 10.4 Å². The summed E-state index contributed by atoms with van der Waals surface area (Å²) < 4.78 is 5.95. The second kappa shape index (κ2) is 5.13. The molecular weight excluding hydrogens is 306 g/mol. The molecule has 0 aliphatic rings. The number of nitrogens with two attached hydrogens (primary N) is 1. The normalized spacial score (nSPS) is 12.7. The van der Waals surface area contributed by atoms with Crippen molar-refractivity contribution in [2.24, 2.45) is 5.84 Å². The molecule has 3 rings (SSSR count). The minimum absolute atomic E-state index is 0.174. The van der Waals surface area contributed by atoms with E-state index in [2.05, 4.69) is 26.3 Å². The van der Waals surface area contributed by atoms with Crippen LogP contribution in [0, 0.1) is 0 Å². The molecule has 96 valence electrons. The Labute approximate surface area is 118 Å². The van der Waals surface area contributed by atoms with Crippen molar-refractivity contribution < 1.29 is 4.42 Å². The number of hydrazine groups is 1. The van der Waals surface area contributed by atoms with Crippen LogP contribution in [0.4, 0.5) is 0 Å². The summed E-state index contributed by atoms with van der Waals surface area (Å²) in [6, 6.07) is 11.7. The Kier molecular flexibility index (Phi) is 3.33. The van der Waals surface area contributed by atoms with Gasteiger partial charge in [0.15, 0.2) is 4.67 Å². The number of nitrogens with one attached hydrogen (secondary N) is 1. The van der Waals surface area contributed by atoms with E-state index in [1.165, 1.54) is 0 Å². The molecule has 0 amide bonds. The van der Waals surface area contributed by atoms with E-state index in [0.29, 0.717) is 4.67 Å². The monoisotopic (exact) mass is 317 g/mol. The van der Waals surface area contributed by atoms with Crippen LogP contribution < -0.4 is 11.3 Å². The average Bonchev–Trinajstić information content (AvgIpc) is 2.86. The SMILES string of the molecule is NNC(c1ccoc1Br)c1cccc2cccnc12. The number of fused-ring (bicyclic) bond motifs is 1. The molecule has 2 heterocycles. The average molecular weight is 318 g/mol. The lowest BCUT2D eigenvalue weighted by Gasteiger charge is -2.16. The summed E-state index contributed by atoms with van der Waals surface area (Å²) in [5.74, 6) is 5.72. The van der Waals surface area contributed by atoms with Crippen molar-refractivity contribution in [2.75, 3.05) is 0 Å². The molecule has 3 N–H and O–H groups in total. The fraction of sp³-hybridized carbons (Fsp3) is 0.0714. The van der Waals surface area contributed by atoms with Crippen LogP contribution in [0.3, 0.4) is 0 Å². The number of pyridine rings is 1. The van der Waals surface area contributed by atoms with Crippen molar-refractivity contribution in [3.05, 3.63) is 64.7 Å². The van der Waals surface area contributed by atoms with Gasteiger partial charge in [-0.05, 0) is 28.1 Å². The smallest absolute Gasteiger partial charge is 0.174 e. The third-order valence-electron chi connectivity index (χ3n) is 3.10. The molecule has 19 heavy (non-hydrogen) atoms. The molecule has 1 unspecified atom stereocenters. The van der Waals surface area contributed by atoms with Gasteiger partial charge in [0.1, 0.15) is 0 Å². The van der Waals surface area contributed by atoms with Crippen LogP contribution in [-0.2, 0) is 0 Å². The first-order valence-electron chi connectivity index (χ1n) is 5.84. The van der Waals surface area contributed by atoms with E-state index in [9.17, 15) is 0 Å². The van der Waals surface area contributed by atoms with Gasteiger partial charge in [-0.25, -0.2) is 5.43 Å². The zero-order valence-corrected chi connectivity index (χ0v) is 11.6. The molecule has 0 spiro atoms. The van der Waals surface area contributed by atoms with Crippen LogP contribution in [0.1, 0.15) is 17.2 Å². The van der Waals surface area contributed by atoms with Gasteiger partial charge in [0, 0.05) is 22.7 Å². The molecule has 0 bridgehead atoms. The van der Waals surface area contributed by atoms with Gasteiger partial charge in [-0.3, -0.25) is 10.8 Å². The van der Waals surface area contributed by atoms with Crippen molar-refractivity contribution in [3.63, 3.8) is 0 Å². The lowest BCUT2D eigenvalue weighted by molar-refractivity contribution is 0.527. The summed E-state index contributed by atoms with van der Waals surface area (Å²) in [6.45, 7) is 0. The van der Waals surface area contributed by atoms with Crippen LogP contribution in [0.25, 0.3) is 10.9 Å². The molecule has 3 aromatic rings. The number of rotatable bonds is 3. The van der Waals surface area contributed by atoms with E-state index in [4.69, 9.17) is 10.3 Å². The molecule has 0 saturated heterocycles. The molecule has 0 saturated carbocycles. The van der Waals surface area contributed by atoms with Crippen molar-refractivity contribution in [2.45, 2.75) is 6.04 Å². The largest absolute Gasteiger partial charge is 0.457 e. The van der Waals surface area contributed by atoms with Crippen molar-refractivity contribution in [3.8, 4) is 0 Å². The predicted molar refractivity (Wildman–Crippen MR) is 77.3 cm³/mol. The Bertz CT molecular complexity index is 705. The fourth-order valence-corrected chi connectivity index (χ4v) is 2.69. The summed E-state index contributed by atoms with van der Waals surface area (Å²) in [5.41, 5.74) is 5.72. The Hall–Kier alpha value is -1.69. The zero-order valence-electron chi connectivity index (χ0n) is 10.0.